The number of benzene rings is 2. The van der Waals surface area contributed by atoms with Crippen LogP contribution in [0.25, 0.3) is 5.69 Å². The van der Waals surface area contributed by atoms with Crippen LogP contribution in [0.3, 0.4) is 0 Å². The van der Waals surface area contributed by atoms with Gasteiger partial charge in [-0.1, -0.05) is 29.8 Å². The van der Waals surface area contributed by atoms with Crippen LogP contribution < -0.4 is 19.5 Å². The number of halogens is 1. The molecule has 0 atom stereocenters. The molecule has 1 aromatic heterocycles. The zero-order chi connectivity index (χ0) is 22.5. The molecule has 32 heavy (non-hydrogen) atoms. The Hall–Kier alpha value is -3.72. The number of amides is 1. The minimum Gasteiger partial charge on any atom is -0.486 e. The highest BCUT2D eigenvalue weighted by molar-refractivity contribution is 6.34. The predicted molar refractivity (Wildman–Crippen MR) is 116 cm³/mol. The van der Waals surface area contributed by atoms with E-state index in [9.17, 15) is 9.59 Å². The number of anilines is 1. The number of hydrogen-bond acceptors (Lipinski definition) is 7. The molecule has 9 nitrogen and oxygen atoms in total. The fourth-order valence-corrected chi connectivity index (χ4v) is 3.21. The first-order valence-electron chi connectivity index (χ1n) is 9.89. The summed E-state index contributed by atoms with van der Waals surface area (Å²) in [5.74, 6) is 0.00236. The predicted octanol–water partition coefficient (Wildman–Crippen LogP) is 3.49. The number of fused-ring (bicyclic) bond motifs is 1. The lowest BCUT2D eigenvalue weighted by atomic mass is 10.2. The lowest BCUT2D eigenvalue weighted by molar-refractivity contribution is -0.118. The van der Waals surface area contributed by atoms with Crippen LogP contribution in [0.2, 0.25) is 5.02 Å². The first-order chi connectivity index (χ1) is 15.5. The molecule has 0 radical (unpaired) electrons. The van der Waals surface area contributed by atoms with Gasteiger partial charge >= 0.3 is 5.97 Å². The number of carbonyl (C=O) groups excluding carboxylic acids is 2. The molecule has 166 valence electrons. The maximum atomic E-state index is 12.5. The van der Waals surface area contributed by atoms with Crippen molar-refractivity contribution in [3.63, 3.8) is 0 Å². The number of nitrogens with one attached hydrogen (secondary N) is 1. The number of esters is 1. The molecular weight excluding hydrogens is 438 g/mol. The highest BCUT2D eigenvalue weighted by Gasteiger charge is 2.22. The average molecular weight is 458 g/mol. The number of carbonyl (C=O) groups is 2. The van der Waals surface area contributed by atoms with Gasteiger partial charge in [-0.15, -0.1) is 0 Å². The Labute approximate surface area is 188 Å². The summed E-state index contributed by atoms with van der Waals surface area (Å²) in [5, 5.41) is 7.22. The minimum absolute atomic E-state index is 0.0270. The van der Waals surface area contributed by atoms with E-state index >= 15 is 0 Å². The summed E-state index contributed by atoms with van der Waals surface area (Å²) in [4.78, 5) is 24.8. The van der Waals surface area contributed by atoms with Crippen LogP contribution in [0.15, 0.2) is 48.7 Å². The van der Waals surface area contributed by atoms with E-state index in [4.69, 9.17) is 30.5 Å². The number of para-hydroxylation sites is 1. The van der Waals surface area contributed by atoms with Gasteiger partial charge in [-0.2, -0.15) is 5.10 Å². The largest absolute Gasteiger partial charge is 0.486 e. The van der Waals surface area contributed by atoms with E-state index in [1.165, 1.54) is 10.9 Å². The topological polar surface area (TPSA) is 101 Å². The molecule has 1 N–H and O–H groups in total. The van der Waals surface area contributed by atoms with Gasteiger partial charge in [0.05, 0.1) is 29.2 Å². The van der Waals surface area contributed by atoms with Crippen LogP contribution in [-0.4, -0.2) is 48.1 Å². The highest BCUT2D eigenvalue weighted by Crippen LogP contribution is 2.38. The molecule has 1 aliphatic heterocycles. The van der Waals surface area contributed by atoms with Gasteiger partial charge < -0.3 is 24.3 Å². The zero-order valence-electron chi connectivity index (χ0n) is 17.2. The van der Waals surface area contributed by atoms with Crippen molar-refractivity contribution in [1.82, 2.24) is 9.78 Å². The molecule has 0 spiro atoms. The third-order valence-electron chi connectivity index (χ3n) is 4.43. The number of ether oxygens (including phenoxy) is 4. The molecule has 0 unspecified atom stereocenters. The molecule has 10 heteroatoms. The van der Waals surface area contributed by atoms with Gasteiger partial charge in [-0.25, -0.2) is 9.48 Å². The highest BCUT2D eigenvalue weighted by atomic mass is 35.5. The maximum Gasteiger partial charge on any atom is 0.362 e. The number of nitrogens with zero attached hydrogens (tertiary/aromatic N) is 2. The monoisotopic (exact) mass is 457 g/mol. The van der Waals surface area contributed by atoms with Crippen molar-refractivity contribution < 1.29 is 28.5 Å². The van der Waals surface area contributed by atoms with Crippen molar-refractivity contribution in [2.75, 3.05) is 31.7 Å². The van der Waals surface area contributed by atoms with E-state index in [0.717, 1.165) is 5.69 Å². The average Bonchev–Trinajstić information content (AvgIpc) is 3.23. The van der Waals surface area contributed by atoms with Crippen molar-refractivity contribution in [2.45, 2.75) is 6.92 Å². The molecule has 1 aliphatic rings. The fourth-order valence-electron chi connectivity index (χ4n) is 3.01. The molecule has 3 aromatic rings. The van der Waals surface area contributed by atoms with E-state index < -0.39 is 11.9 Å². The first-order valence-corrected chi connectivity index (χ1v) is 10.3. The van der Waals surface area contributed by atoms with Gasteiger partial charge in [0.2, 0.25) is 5.69 Å². The molecule has 0 aliphatic carbocycles. The van der Waals surface area contributed by atoms with E-state index in [1.54, 1.807) is 19.1 Å². The SMILES string of the molecule is CCOC(=O)c1nn(-c2ccccc2)cc1OCC(=O)Nc1cc2c(cc1Cl)OCCO2. The van der Waals surface area contributed by atoms with Crippen LogP contribution in [-0.2, 0) is 9.53 Å². The minimum atomic E-state index is -0.646. The van der Waals surface area contributed by atoms with Crippen molar-refractivity contribution in [2.24, 2.45) is 0 Å². The lowest BCUT2D eigenvalue weighted by Gasteiger charge is -2.20. The molecule has 0 saturated carbocycles. The number of aromatic nitrogens is 2. The third-order valence-corrected chi connectivity index (χ3v) is 4.75. The van der Waals surface area contributed by atoms with Gasteiger partial charge in [0.25, 0.3) is 5.91 Å². The van der Waals surface area contributed by atoms with Crippen LogP contribution >= 0.6 is 11.6 Å². The van der Waals surface area contributed by atoms with Gasteiger partial charge in [0, 0.05) is 12.1 Å². The second-order valence-corrected chi connectivity index (χ2v) is 7.06. The molecule has 2 aromatic carbocycles. The summed E-state index contributed by atoms with van der Waals surface area (Å²) >= 11 is 6.23. The number of rotatable bonds is 7. The Morgan fingerprint density at radius 1 is 1.16 bits per heavy atom. The van der Waals surface area contributed by atoms with Crippen LogP contribution in [0.5, 0.6) is 17.2 Å². The third kappa shape index (κ3) is 4.78. The summed E-state index contributed by atoms with van der Waals surface area (Å²) < 4.78 is 23.1. The van der Waals surface area contributed by atoms with Crippen LogP contribution in [0.4, 0.5) is 5.69 Å². The van der Waals surface area contributed by atoms with Gasteiger partial charge in [0.1, 0.15) is 13.2 Å². The smallest absolute Gasteiger partial charge is 0.362 e. The van der Waals surface area contributed by atoms with Crippen molar-refractivity contribution >= 4 is 29.2 Å². The van der Waals surface area contributed by atoms with Crippen LogP contribution in [0.1, 0.15) is 17.4 Å². The first kappa shape index (κ1) is 21.5. The molecule has 2 heterocycles. The maximum absolute atomic E-state index is 12.5. The van der Waals surface area contributed by atoms with E-state index in [-0.39, 0.29) is 24.7 Å². The molecular formula is C22H20ClN3O6. The molecule has 4 rings (SSSR count). The van der Waals surface area contributed by atoms with Crippen molar-refractivity contribution in [3.05, 3.63) is 59.4 Å². The quantitative estimate of drug-likeness (QED) is 0.542. The normalized spacial score (nSPS) is 12.2. The fraction of sp³-hybridized carbons (Fsp3) is 0.227. The standard InChI is InChI=1S/C22H20ClN3O6/c1-2-29-22(28)21-19(12-26(25-21)14-6-4-3-5-7-14)32-13-20(27)24-16-11-18-17(10-15(16)23)30-8-9-31-18/h3-7,10-12H,2,8-9,13H2,1H3,(H,24,27). The van der Waals surface area contributed by atoms with Gasteiger partial charge in [0.15, 0.2) is 23.9 Å². The summed E-state index contributed by atoms with van der Waals surface area (Å²) in [6.45, 7) is 2.34. The summed E-state index contributed by atoms with van der Waals surface area (Å²) in [7, 11) is 0. The Morgan fingerprint density at radius 2 is 1.88 bits per heavy atom. The van der Waals surface area contributed by atoms with E-state index in [0.29, 0.717) is 35.4 Å². The Bertz CT molecular complexity index is 1130. The second-order valence-electron chi connectivity index (χ2n) is 6.66. The van der Waals surface area contributed by atoms with Crippen molar-refractivity contribution in [3.8, 4) is 22.9 Å². The molecule has 0 saturated heterocycles. The lowest BCUT2D eigenvalue weighted by Crippen LogP contribution is -2.21. The Balaban J connectivity index is 1.48. The zero-order valence-corrected chi connectivity index (χ0v) is 17.9. The van der Waals surface area contributed by atoms with Gasteiger partial charge in [-0.3, -0.25) is 4.79 Å². The van der Waals surface area contributed by atoms with Crippen molar-refractivity contribution in [1.29, 1.82) is 0 Å². The summed E-state index contributed by atoms with van der Waals surface area (Å²) in [6.07, 6.45) is 1.52. The second kappa shape index (κ2) is 9.61. The molecule has 0 fully saturated rings. The van der Waals surface area contributed by atoms with E-state index in [1.807, 2.05) is 30.3 Å². The number of hydrogen-bond donors (Lipinski definition) is 1. The molecule has 1 amide bonds. The Kier molecular flexibility index (Phi) is 6.46. The van der Waals surface area contributed by atoms with E-state index in [2.05, 4.69) is 10.4 Å². The molecule has 0 bridgehead atoms. The summed E-state index contributed by atoms with van der Waals surface area (Å²) in [5.41, 5.74) is 1.05. The van der Waals surface area contributed by atoms with Crippen LogP contribution in [0, 0.1) is 0 Å². The van der Waals surface area contributed by atoms with Gasteiger partial charge in [-0.05, 0) is 19.1 Å². The Morgan fingerprint density at radius 3 is 2.59 bits per heavy atom. The summed E-state index contributed by atoms with van der Waals surface area (Å²) in [6, 6.07) is 12.4.